The van der Waals surface area contributed by atoms with E-state index in [0.717, 1.165) is 43.4 Å². The van der Waals surface area contributed by atoms with Crippen LogP contribution in [0, 0.1) is 0 Å². The van der Waals surface area contributed by atoms with Gasteiger partial charge < -0.3 is 15.0 Å². The van der Waals surface area contributed by atoms with Gasteiger partial charge in [-0.1, -0.05) is 18.2 Å². The number of benzene rings is 1. The summed E-state index contributed by atoms with van der Waals surface area (Å²) in [4.78, 5) is 6.59. The second kappa shape index (κ2) is 7.12. The summed E-state index contributed by atoms with van der Waals surface area (Å²) < 4.78 is 5.81. The first kappa shape index (κ1) is 14.6. The van der Waals surface area contributed by atoms with Crippen LogP contribution < -0.4 is 15.0 Å². The van der Waals surface area contributed by atoms with E-state index in [1.165, 1.54) is 0 Å². The molecule has 1 saturated heterocycles. The Bertz CT molecular complexity index is 530. The number of nitrogens with zero attached hydrogens (tertiary/aromatic N) is 2. The maximum absolute atomic E-state index is 5.81. The quantitative estimate of drug-likeness (QED) is 0.943. The van der Waals surface area contributed by atoms with Crippen molar-refractivity contribution in [3.63, 3.8) is 0 Å². The van der Waals surface area contributed by atoms with Gasteiger partial charge in [0.15, 0.2) is 0 Å². The molecule has 1 aliphatic rings. The number of para-hydroxylation sites is 1. The molecule has 1 aromatic carbocycles. The first-order valence-electron chi connectivity index (χ1n) is 6.55. The van der Waals surface area contributed by atoms with E-state index >= 15 is 0 Å². The molecule has 0 saturated carbocycles. The average Bonchev–Trinajstić information content (AvgIpc) is 2.49. The summed E-state index contributed by atoms with van der Waals surface area (Å²) in [7, 11) is 0. The van der Waals surface area contributed by atoms with Crippen LogP contribution in [0.4, 0.5) is 5.69 Å². The van der Waals surface area contributed by atoms with Crippen LogP contribution in [0.15, 0.2) is 48.8 Å². The smallest absolute Gasteiger partial charge is 0.147 e. The number of hydrogen-bond acceptors (Lipinski definition) is 4. The zero-order valence-electron chi connectivity index (χ0n) is 11.2. The molecule has 0 amide bonds. The number of halogens is 1. The van der Waals surface area contributed by atoms with Crippen LogP contribution >= 0.6 is 12.4 Å². The molecule has 1 N–H and O–H groups in total. The van der Waals surface area contributed by atoms with Gasteiger partial charge >= 0.3 is 0 Å². The minimum absolute atomic E-state index is 0. The lowest BCUT2D eigenvalue weighted by atomic mass is 10.3. The lowest BCUT2D eigenvalue weighted by Crippen LogP contribution is -2.43. The Balaban J connectivity index is 0.00000147. The highest BCUT2D eigenvalue weighted by molar-refractivity contribution is 5.85. The molecule has 3 rings (SSSR count). The van der Waals surface area contributed by atoms with E-state index in [0.29, 0.717) is 0 Å². The average molecular weight is 292 g/mol. The van der Waals surface area contributed by atoms with E-state index in [9.17, 15) is 0 Å². The largest absolute Gasteiger partial charge is 0.456 e. The molecule has 0 unspecified atom stereocenters. The Morgan fingerprint density at radius 1 is 1.00 bits per heavy atom. The number of nitrogens with one attached hydrogen (secondary N) is 1. The van der Waals surface area contributed by atoms with Gasteiger partial charge in [-0.2, -0.15) is 0 Å². The molecule has 0 spiro atoms. The van der Waals surface area contributed by atoms with Crippen molar-refractivity contribution < 1.29 is 4.74 Å². The Kier molecular flexibility index (Phi) is 5.21. The molecule has 2 heterocycles. The van der Waals surface area contributed by atoms with Gasteiger partial charge in [0.2, 0.25) is 0 Å². The third kappa shape index (κ3) is 3.62. The van der Waals surface area contributed by atoms with Gasteiger partial charge in [0.25, 0.3) is 0 Å². The van der Waals surface area contributed by atoms with Crippen molar-refractivity contribution in [2.24, 2.45) is 0 Å². The predicted octanol–water partition coefficient (Wildman–Crippen LogP) is 2.71. The third-order valence-electron chi connectivity index (χ3n) is 3.16. The van der Waals surface area contributed by atoms with Crippen LogP contribution in [0.1, 0.15) is 0 Å². The SMILES string of the molecule is Cl.c1ccc(Oc2cncc(N3CCNCC3)c2)cc1. The van der Waals surface area contributed by atoms with E-state index in [4.69, 9.17) is 4.74 Å². The van der Waals surface area contributed by atoms with Crippen LogP contribution in [0.2, 0.25) is 0 Å². The Hall–Kier alpha value is -1.78. The maximum atomic E-state index is 5.81. The molecule has 2 aromatic rings. The fourth-order valence-corrected chi connectivity index (χ4v) is 2.18. The highest BCUT2D eigenvalue weighted by Gasteiger charge is 2.11. The summed E-state index contributed by atoms with van der Waals surface area (Å²) in [5.74, 6) is 1.61. The molecule has 1 aromatic heterocycles. The Morgan fingerprint density at radius 2 is 1.75 bits per heavy atom. The van der Waals surface area contributed by atoms with E-state index in [1.807, 2.05) is 42.6 Å². The third-order valence-corrected chi connectivity index (χ3v) is 3.16. The zero-order valence-corrected chi connectivity index (χ0v) is 12.0. The summed E-state index contributed by atoms with van der Waals surface area (Å²) in [5.41, 5.74) is 1.12. The first-order chi connectivity index (χ1) is 9.42. The number of rotatable bonds is 3. The highest BCUT2D eigenvalue weighted by Crippen LogP contribution is 2.24. The molecule has 0 aliphatic carbocycles. The lowest BCUT2D eigenvalue weighted by molar-refractivity contribution is 0.479. The van der Waals surface area contributed by atoms with Gasteiger partial charge in [-0.15, -0.1) is 12.4 Å². The predicted molar refractivity (Wildman–Crippen MR) is 83.1 cm³/mol. The van der Waals surface area contributed by atoms with E-state index in [-0.39, 0.29) is 12.4 Å². The second-order valence-electron chi connectivity index (χ2n) is 4.53. The Labute approximate surface area is 125 Å². The van der Waals surface area contributed by atoms with Gasteiger partial charge in [0, 0.05) is 32.2 Å². The van der Waals surface area contributed by atoms with Gasteiger partial charge in [0.1, 0.15) is 11.5 Å². The molecule has 1 fully saturated rings. The molecule has 5 heteroatoms. The van der Waals surface area contributed by atoms with Crippen molar-refractivity contribution in [3.8, 4) is 11.5 Å². The molecule has 0 bridgehead atoms. The van der Waals surface area contributed by atoms with Crippen molar-refractivity contribution in [1.82, 2.24) is 10.3 Å². The number of pyridine rings is 1. The van der Waals surface area contributed by atoms with Crippen LogP contribution in [0.3, 0.4) is 0 Å². The normalized spacial score (nSPS) is 14.5. The van der Waals surface area contributed by atoms with E-state index in [2.05, 4.69) is 15.2 Å². The highest BCUT2D eigenvalue weighted by atomic mass is 35.5. The molecule has 0 atom stereocenters. The molecule has 1 aliphatic heterocycles. The minimum Gasteiger partial charge on any atom is -0.456 e. The van der Waals surface area contributed by atoms with Crippen molar-refractivity contribution in [3.05, 3.63) is 48.8 Å². The summed E-state index contributed by atoms with van der Waals surface area (Å²) in [6.45, 7) is 4.06. The molecule has 20 heavy (non-hydrogen) atoms. The number of aromatic nitrogens is 1. The number of ether oxygens (including phenoxy) is 1. The van der Waals surface area contributed by atoms with Gasteiger partial charge in [-0.05, 0) is 12.1 Å². The molecule has 106 valence electrons. The van der Waals surface area contributed by atoms with Crippen LogP contribution in [-0.4, -0.2) is 31.2 Å². The lowest BCUT2D eigenvalue weighted by Gasteiger charge is -2.29. The topological polar surface area (TPSA) is 37.4 Å². The van der Waals surface area contributed by atoms with Crippen LogP contribution in [0.25, 0.3) is 0 Å². The summed E-state index contributed by atoms with van der Waals surface area (Å²) >= 11 is 0. The van der Waals surface area contributed by atoms with Gasteiger partial charge in [-0.3, -0.25) is 4.98 Å². The number of piperazine rings is 1. The minimum atomic E-state index is 0. The van der Waals surface area contributed by atoms with E-state index in [1.54, 1.807) is 6.20 Å². The summed E-state index contributed by atoms with van der Waals surface area (Å²) in [6.07, 6.45) is 3.64. The standard InChI is InChI=1S/C15H17N3O.ClH/c1-2-4-14(5-3-1)19-15-10-13(11-17-12-15)18-8-6-16-7-9-18;/h1-5,10-12,16H,6-9H2;1H. The number of anilines is 1. The second-order valence-corrected chi connectivity index (χ2v) is 4.53. The monoisotopic (exact) mass is 291 g/mol. The van der Waals surface area contributed by atoms with Crippen LogP contribution in [0.5, 0.6) is 11.5 Å². The fourth-order valence-electron chi connectivity index (χ4n) is 2.18. The summed E-state index contributed by atoms with van der Waals surface area (Å²) in [6, 6.07) is 11.8. The fraction of sp³-hybridized carbons (Fsp3) is 0.267. The molecular formula is C15H18ClN3O. The Morgan fingerprint density at radius 3 is 2.50 bits per heavy atom. The van der Waals surface area contributed by atoms with Gasteiger partial charge in [-0.25, -0.2) is 0 Å². The van der Waals surface area contributed by atoms with Crippen molar-refractivity contribution in [2.75, 3.05) is 31.1 Å². The zero-order chi connectivity index (χ0) is 12.9. The first-order valence-corrected chi connectivity index (χ1v) is 6.55. The van der Waals surface area contributed by atoms with E-state index < -0.39 is 0 Å². The van der Waals surface area contributed by atoms with Gasteiger partial charge in [0.05, 0.1) is 18.1 Å². The molecule has 4 nitrogen and oxygen atoms in total. The number of hydrogen-bond donors (Lipinski definition) is 1. The molecule has 0 radical (unpaired) electrons. The van der Waals surface area contributed by atoms with Crippen molar-refractivity contribution in [1.29, 1.82) is 0 Å². The van der Waals surface area contributed by atoms with Crippen molar-refractivity contribution in [2.45, 2.75) is 0 Å². The van der Waals surface area contributed by atoms with Crippen LogP contribution in [-0.2, 0) is 0 Å². The van der Waals surface area contributed by atoms with Crippen molar-refractivity contribution >= 4 is 18.1 Å². The molecular weight excluding hydrogens is 274 g/mol. The maximum Gasteiger partial charge on any atom is 0.147 e. The summed E-state index contributed by atoms with van der Waals surface area (Å²) in [5, 5.41) is 3.35.